The molecule has 0 radical (unpaired) electrons. The van der Waals surface area contributed by atoms with Crippen LogP contribution in [0.1, 0.15) is 100 Å². The van der Waals surface area contributed by atoms with Gasteiger partial charge in [0.15, 0.2) is 0 Å². The molecule has 3 aliphatic carbocycles. The molecule has 0 bridgehead atoms. The molecular weight excluding hydrogens is 578 g/mol. The van der Waals surface area contributed by atoms with Crippen molar-refractivity contribution in [3.8, 4) is 0 Å². The molecule has 4 rings (SSSR count). The zero-order chi connectivity index (χ0) is 33.6. The number of nitrogens with zero attached hydrogens (tertiary/aromatic N) is 1. The lowest BCUT2D eigenvalue weighted by molar-refractivity contribution is -0.154. The van der Waals surface area contributed by atoms with E-state index in [1.807, 2.05) is 55.4 Å². The summed E-state index contributed by atoms with van der Waals surface area (Å²) in [4.78, 5) is 80.5. The van der Waals surface area contributed by atoms with Gasteiger partial charge in [-0.2, -0.15) is 0 Å². The number of urea groups is 1. The zero-order valence-corrected chi connectivity index (χ0v) is 28.2. The summed E-state index contributed by atoms with van der Waals surface area (Å²) >= 11 is 0. The molecule has 1 aliphatic heterocycles. The number of piperidine rings is 1. The van der Waals surface area contributed by atoms with Crippen LogP contribution in [-0.2, 0) is 28.7 Å². The molecule has 12 nitrogen and oxygen atoms in total. The van der Waals surface area contributed by atoms with Crippen molar-refractivity contribution in [1.29, 1.82) is 0 Å². The van der Waals surface area contributed by atoms with E-state index >= 15 is 0 Å². The van der Waals surface area contributed by atoms with Gasteiger partial charge in [-0.15, -0.1) is 0 Å². The number of carbonyl (C=O) groups is 6. The Morgan fingerprint density at radius 2 is 1.42 bits per heavy atom. The highest BCUT2D eigenvalue weighted by atomic mass is 16.5. The van der Waals surface area contributed by atoms with E-state index in [0.717, 1.165) is 38.5 Å². The largest absolute Gasteiger partial charge is 0.461 e. The molecule has 1 heterocycles. The number of Topliss-reactive ketones (excluding diaryl/α,β-unsaturated/α-hetero) is 1. The van der Waals surface area contributed by atoms with Gasteiger partial charge >= 0.3 is 12.0 Å². The molecule has 45 heavy (non-hydrogen) atoms. The quantitative estimate of drug-likeness (QED) is 0.200. The van der Waals surface area contributed by atoms with Crippen LogP contribution in [0.25, 0.3) is 0 Å². The standard InChI is InChI=1S/C33H53N5O7/c1-31(2,3)24(36-30(44)37-25(32(4,5)6)29(43)45-18-11-9-10-12-18)28(42)38-16-19-21(33(19,7)8)22(38)27(41)35-20(15-17-13-14-17)23(39)26(34)40/h17-22,24-25H,9-16H2,1-8H3,(H2,34,40)(H,35,41)(H2,36,37,44)/t19-,20?,21?,22-,24+,25+/m0/s1. The van der Waals surface area contributed by atoms with Crippen LogP contribution in [0, 0.1) is 34.0 Å². The molecule has 2 unspecified atom stereocenters. The number of hydrogen-bond acceptors (Lipinski definition) is 7. The van der Waals surface area contributed by atoms with Gasteiger partial charge in [-0.1, -0.05) is 68.2 Å². The maximum absolute atomic E-state index is 14.3. The van der Waals surface area contributed by atoms with E-state index < -0.39 is 70.5 Å². The summed E-state index contributed by atoms with van der Waals surface area (Å²) in [6.45, 7) is 15.4. The lowest BCUT2D eigenvalue weighted by atomic mass is 9.85. The highest BCUT2D eigenvalue weighted by molar-refractivity contribution is 6.37. The monoisotopic (exact) mass is 631 g/mol. The lowest BCUT2D eigenvalue weighted by Crippen LogP contribution is -2.62. The Morgan fingerprint density at radius 1 is 0.867 bits per heavy atom. The highest BCUT2D eigenvalue weighted by Gasteiger charge is 2.70. The van der Waals surface area contributed by atoms with Crippen LogP contribution in [0.2, 0.25) is 0 Å². The van der Waals surface area contributed by atoms with Gasteiger partial charge in [0.05, 0.1) is 6.04 Å². The number of primary amides is 1. The first-order valence-corrected chi connectivity index (χ1v) is 16.5. The van der Waals surface area contributed by atoms with E-state index in [1.54, 1.807) is 0 Å². The first-order chi connectivity index (χ1) is 20.7. The summed E-state index contributed by atoms with van der Waals surface area (Å²) in [5, 5.41) is 8.33. The van der Waals surface area contributed by atoms with Crippen LogP contribution >= 0.6 is 0 Å². The summed E-state index contributed by atoms with van der Waals surface area (Å²) in [5.41, 5.74) is 3.69. The van der Waals surface area contributed by atoms with Crippen molar-refractivity contribution in [3.05, 3.63) is 0 Å². The summed E-state index contributed by atoms with van der Waals surface area (Å²) < 4.78 is 5.72. The fourth-order valence-electron chi connectivity index (χ4n) is 7.15. The second-order valence-electron chi connectivity index (χ2n) is 16.4. The maximum atomic E-state index is 14.3. The number of likely N-dealkylation sites (tertiary alicyclic amines) is 1. The molecule has 252 valence electrons. The number of nitrogens with one attached hydrogen (secondary N) is 3. The Labute approximate surface area is 266 Å². The summed E-state index contributed by atoms with van der Waals surface area (Å²) in [6, 6.07) is -4.58. The number of rotatable bonds is 11. The van der Waals surface area contributed by atoms with Crippen LogP contribution in [0.15, 0.2) is 0 Å². The van der Waals surface area contributed by atoms with Crippen molar-refractivity contribution in [1.82, 2.24) is 20.9 Å². The average Bonchev–Trinajstić information content (AvgIpc) is 3.63. The van der Waals surface area contributed by atoms with Crippen molar-refractivity contribution in [2.24, 2.45) is 39.7 Å². The normalized spacial score (nSPS) is 26.2. The van der Waals surface area contributed by atoms with E-state index in [0.29, 0.717) is 13.0 Å². The second kappa shape index (κ2) is 12.5. The fourth-order valence-corrected chi connectivity index (χ4v) is 7.15. The number of carbonyl (C=O) groups excluding carboxylic acids is 6. The average molecular weight is 632 g/mol. The molecule has 4 fully saturated rings. The molecule has 5 amide bonds. The molecule has 3 saturated carbocycles. The number of fused-ring (bicyclic) bond motifs is 1. The Kier molecular flexibility index (Phi) is 9.67. The van der Waals surface area contributed by atoms with Gasteiger partial charge in [-0.05, 0) is 66.1 Å². The van der Waals surface area contributed by atoms with Crippen molar-refractivity contribution in [2.45, 2.75) is 131 Å². The number of hydrogen-bond donors (Lipinski definition) is 4. The van der Waals surface area contributed by atoms with Gasteiger partial charge in [0.1, 0.15) is 24.2 Å². The van der Waals surface area contributed by atoms with E-state index in [9.17, 15) is 28.8 Å². The second-order valence-corrected chi connectivity index (χ2v) is 16.4. The van der Waals surface area contributed by atoms with E-state index in [-0.39, 0.29) is 29.3 Å². The summed E-state index contributed by atoms with van der Waals surface area (Å²) in [6.07, 6.45) is 5.60. The van der Waals surface area contributed by atoms with Crippen LogP contribution < -0.4 is 21.7 Å². The smallest absolute Gasteiger partial charge is 0.329 e. The van der Waals surface area contributed by atoms with Gasteiger partial charge in [-0.3, -0.25) is 19.2 Å². The number of ketones is 1. The molecule has 0 spiro atoms. The number of esters is 1. The van der Waals surface area contributed by atoms with E-state index in [4.69, 9.17) is 10.5 Å². The molecule has 0 aromatic rings. The number of amides is 5. The van der Waals surface area contributed by atoms with Gasteiger partial charge in [0.2, 0.25) is 17.6 Å². The molecule has 5 N–H and O–H groups in total. The zero-order valence-electron chi connectivity index (χ0n) is 28.2. The summed E-state index contributed by atoms with van der Waals surface area (Å²) in [7, 11) is 0. The van der Waals surface area contributed by atoms with E-state index in [2.05, 4.69) is 16.0 Å². The number of ether oxygens (including phenoxy) is 1. The fraction of sp³-hybridized carbons (Fsp3) is 0.818. The van der Waals surface area contributed by atoms with Gasteiger partial charge in [-0.25, -0.2) is 9.59 Å². The molecule has 1 saturated heterocycles. The third kappa shape index (κ3) is 7.80. The van der Waals surface area contributed by atoms with Crippen LogP contribution in [0.4, 0.5) is 4.79 Å². The van der Waals surface area contributed by atoms with E-state index in [1.165, 1.54) is 4.90 Å². The first kappa shape index (κ1) is 34.7. The van der Waals surface area contributed by atoms with Crippen LogP contribution in [0.5, 0.6) is 0 Å². The molecule has 4 aliphatic rings. The lowest BCUT2D eigenvalue weighted by Gasteiger charge is -2.38. The van der Waals surface area contributed by atoms with Gasteiger partial charge in [0.25, 0.3) is 5.91 Å². The van der Waals surface area contributed by atoms with Crippen molar-refractivity contribution in [2.75, 3.05) is 6.54 Å². The third-order valence-corrected chi connectivity index (χ3v) is 10.3. The topological polar surface area (TPSA) is 177 Å². The third-order valence-electron chi connectivity index (χ3n) is 10.3. The van der Waals surface area contributed by atoms with Gasteiger partial charge in [0, 0.05) is 6.54 Å². The minimum absolute atomic E-state index is 0.0657. The predicted octanol–water partition coefficient (Wildman–Crippen LogP) is 2.42. The maximum Gasteiger partial charge on any atom is 0.329 e. The van der Waals surface area contributed by atoms with Crippen molar-refractivity contribution in [3.63, 3.8) is 0 Å². The minimum Gasteiger partial charge on any atom is -0.461 e. The van der Waals surface area contributed by atoms with Gasteiger partial charge < -0.3 is 31.3 Å². The van der Waals surface area contributed by atoms with Crippen LogP contribution in [0.3, 0.4) is 0 Å². The SMILES string of the molecule is CC(C)(C)[C@H](NC(=O)N[C@H](C(=O)N1C[C@H]2C([C@H]1C(=O)NC(CC1CC1)C(=O)C(N)=O)C2(C)C)C(C)(C)C)C(=O)OC1CCCC1. The molecule has 0 aromatic heterocycles. The van der Waals surface area contributed by atoms with Crippen molar-refractivity contribution >= 4 is 35.5 Å². The Bertz CT molecular complexity index is 1210. The molecular formula is C33H53N5O7. The van der Waals surface area contributed by atoms with Crippen molar-refractivity contribution < 1.29 is 33.5 Å². The molecule has 6 atom stereocenters. The minimum atomic E-state index is -1.10. The summed E-state index contributed by atoms with van der Waals surface area (Å²) in [5.74, 6) is -3.22. The highest BCUT2D eigenvalue weighted by Crippen LogP contribution is 2.65. The Hall–Kier alpha value is -3.18. The number of nitrogens with two attached hydrogens (primary N) is 1. The molecule has 0 aromatic carbocycles. The van der Waals surface area contributed by atoms with Crippen LogP contribution in [-0.4, -0.2) is 77.2 Å². The predicted molar refractivity (Wildman–Crippen MR) is 166 cm³/mol. The molecule has 12 heteroatoms. The Morgan fingerprint density at radius 3 is 1.93 bits per heavy atom. The first-order valence-electron chi connectivity index (χ1n) is 16.5. The Balaban J connectivity index is 1.51.